The monoisotopic (exact) mass is 422 g/mol. The molecule has 0 radical (unpaired) electrons. The summed E-state index contributed by atoms with van der Waals surface area (Å²) in [5.74, 6) is -0.553. The molecule has 2 heterocycles. The fraction of sp³-hybridized carbons (Fsp3) is 0.136. The van der Waals surface area contributed by atoms with Crippen LogP contribution in [0.15, 0.2) is 60.7 Å². The van der Waals surface area contributed by atoms with E-state index in [0.717, 1.165) is 27.3 Å². The minimum absolute atomic E-state index is 0.282. The van der Waals surface area contributed by atoms with Crippen molar-refractivity contribution in [3.05, 3.63) is 76.7 Å². The molecule has 0 saturated carbocycles. The fourth-order valence-electron chi connectivity index (χ4n) is 2.99. The molecule has 3 amide bonds. The first-order valence-corrected chi connectivity index (χ1v) is 10.1. The van der Waals surface area contributed by atoms with Crippen molar-refractivity contribution in [3.63, 3.8) is 0 Å². The van der Waals surface area contributed by atoms with Crippen LogP contribution >= 0.6 is 11.3 Å². The van der Waals surface area contributed by atoms with E-state index in [-0.39, 0.29) is 6.54 Å². The zero-order chi connectivity index (χ0) is 20.9. The Morgan fingerprint density at radius 2 is 1.80 bits per heavy atom. The van der Waals surface area contributed by atoms with Crippen LogP contribution in [0.3, 0.4) is 0 Å². The number of carbonyl (C=O) groups is 3. The first kappa shape index (κ1) is 19.7. The quantitative estimate of drug-likeness (QED) is 0.614. The fourth-order valence-corrected chi connectivity index (χ4v) is 4.08. The van der Waals surface area contributed by atoms with Gasteiger partial charge < -0.3 is 14.8 Å². The molecular weight excluding hydrogens is 404 g/mol. The van der Waals surface area contributed by atoms with Crippen molar-refractivity contribution in [1.29, 1.82) is 0 Å². The van der Waals surface area contributed by atoms with Gasteiger partial charge in [0.05, 0.1) is 0 Å². The molecule has 30 heavy (non-hydrogen) atoms. The van der Waals surface area contributed by atoms with Crippen LogP contribution in [0.1, 0.15) is 20.8 Å². The van der Waals surface area contributed by atoms with Crippen molar-refractivity contribution in [2.24, 2.45) is 0 Å². The van der Waals surface area contributed by atoms with E-state index in [4.69, 9.17) is 9.47 Å². The van der Waals surface area contributed by atoms with Gasteiger partial charge in [-0.3, -0.25) is 10.1 Å². The molecule has 0 fully saturated rings. The van der Waals surface area contributed by atoms with E-state index in [9.17, 15) is 14.4 Å². The maximum Gasteiger partial charge on any atom is 0.348 e. The van der Waals surface area contributed by atoms with Gasteiger partial charge in [0, 0.05) is 22.5 Å². The average molecular weight is 422 g/mol. The minimum Gasteiger partial charge on any atom is -0.488 e. The highest BCUT2D eigenvalue weighted by Gasteiger charge is 2.23. The summed E-state index contributed by atoms with van der Waals surface area (Å²) in [6.07, 6.45) is 0. The number of nitrogens with one attached hydrogen (secondary N) is 2. The van der Waals surface area contributed by atoms with E-state index >= 15 is 0 Å². The predicted molar refractivity (Wildman–Crippen MR) is 111 cm³/mol. The van der Waals surface area contributed by atoms with Gasteiger partial charge in [0.2, 0.25) is 0 Å². The molecule has 1 aliphatic heterocycles. The van der Waals surface area contributed by atoms with Gasteiger partial charge in [-0.25, -0.2) is 9.59 Å². The molecule has 2 aromatic carbocycles. The zero-order valence-corrected chi connectivity index (χ0v) is 16.7. The van der Waals surface area contributed by atoms with E-state index in [2.05, 4.69) is 10.6 Å². The number of rotatable bonds is 5. The molecule has 8 heteroatoms. The van der Waals surface area contributed by atoms with Crippen LogP contribution < -0.4 is 15.4 Å². The van der Waals surface area contributed by atoms with Crippen LogP contribution in [0.25, 0.3) is 10.4 Å². The molecule has 4 rings (SSSR count). The van der Waals surface area contributed by atoms with E-state index in [1.54, 1.807) is 6.07 Å². The summed E-state index contributed by atoms with van der Waals surface area (Å²) >= 11 is 1.29. The van der Waals surface area contributed by atoms with Crippen LogP contribution in [0.2, 0.25) is 0 Å². The highest BCUT2D eigenvalue weighted by molar-refractivity contribution is 7.17. The molecule has 1 aromatic heterocycles. The third kappa shape index (κ3) is 4.49. The highest BCUT2D eigenvalue weighted by Crippen LogP contribution is 2.42. The summed E-state index contributed by atoms with van der Waals surface area (Å²) in [7, 11) is 0. The summed E-state index contributed by atoms with van der Waals surface area (Å²) in [6.45, 7) is 0.107. The molecule has 152 valence electrons. The SMILES string of the molecule is O=C(COC(=O)c1cc2c(s1)-c1ccccc1OC2)NC(=O)NCc1ccccc1. The molecule has 0 saturated heterocycles. The number of hydrogen-bond donors (Lipinski definition) is 2. The number of para-hydroxylation sites is 1. The second kappa shape index (κ2) is 8.79. The molecule has 0 aliphatic carbocycles. The number of imide groups is 1. The summed E-state index contributed by atoms with van der Waals surface area (Å²) in [5, 5.41) is 4.70. The lowest BCUT2D eigenvalue weighted by Gasteiger charge is -2.16. The lowest BCUT2D eigenvalue weighted by molar-refractivity contribution is -0.123. The topological polar surface area (TPSA) is 93.7 Å². The van der Waals surface area contributed by atoms with Crippen molar-refractivity contribution in [2.75, 3.05) is 6.61 Å². The Hall–Kier alpha value is -3.65. The first-order chi connectivity index (χ1) is 14.6. The molecule has 3 aromatic rings. The van der Waals surface area contributed by atoms with Gasteiger partial charge >= 0.3 is 12.0 Å². The standard InChI is InChI=1S/C22H18N2O5S/c25-19(24-22(27)23-11-14-6-2-1-3-7-14)13-29-21(26)18-10-15-12-28-17-9-5-4-8-16(17)20(15)30-18/h1-10H,11-13H2,(H2,23,24,25,27). The predicted octanol–water partition coefficient (Wildman–Crippen LogP) is 3.49. The van der Waals surface area contributed by atoms with E-state index < -0.39 is 24.5 Å². The molecule has 0 atom stereocenters. The van der Waals surface area contributed by atoms with Gasteiger partial charge in [-0.05, 0) is 23.8 Å². The molecule has 2 N–H and O–H groups in total. The maximum atomic E-state index is 12.3. The lowest BCUT2D eigenvalue weighted by atomic mass is 10.1. The summed E-state index contributed by atoms with van der Waals surface area (Å²) in [6, 6.07) is 18.0. The first-order valence-electron chi connectivity index (χ1n) is 9.24. The molecule has 0 unspecified atom stereocenters. The van der Waals surface area contributed by atoms with Gasteiger partial charge in [0.25, 0.3) is 5.91 Å². The third-order valence-electron chi connectivity index (χ3n) is 4.41. The lowest BCUT2D eigenvalue weighted by Crippen LogP contribution is -2.41. The smallest absolute Gasteiger partial charge is 0.348 e. The second-order valence-corrected chi connectivity index (χ2v) is 7.59. The maximum absolute atomic E-state index is 12.3. The summed E-state index contributed by atoms with van der Waals surface area (Å²) in [4.78, 5) is 37.4. The Kier molecular flexibility index (Phi) is 5.76. The van der Waals surface area contributed by atoms with Crippen LogP contribution in [0.4, 0.5) is 4.79 Å². The van der Waals surface area contributed by atoms with E-state index in [1.807, 2.05) is 54.6 Å². The Balaban J connectivity index is 1.28. The van der Waals surface area contributed by atoms with Crippen molar-refractivity contribution in [2.45, 2.75) is 13.2 Å². The number of thiophene rings is 1. The summed E-state index contributed by atoms with van der Waals surface area (Å²) < 4.78 is 10.7. The number of ether oxygens (including phenoxy) is 2. The Morgan fingerprint density at radius 1 is 1.03 bits per heavy atom. The van der Waals surface area contributed by atoms with Crippen LogP contribution in [-0.4, -0.2) is 24.5 Å². The number of hydrogen-bond acceptors (Lipinski definition) is 6. The van der Waals surface area contributed by atoms with Crippen molar-refractivity contribution < 1.29 is 23.9 Å². The van der Waals surface area contributed by atoms with E-state index in [1.165, 1.54) is 11.3 Å². The van der Waals surface area contributed by atoms with Crippen LogP contribution in [0, 0.1) is 0 Å². The second-order valence-electron chi connectivity index (χ2n) is 6.54. The van der Waals surface area contributed by atoms with Gasteiger partial charge in [-0.2, -0.15) is 0 Å². The molecule has 1 aliphatic rings. The minimum atomic E-state index is -0.705. The average Bonchev–Trinajstić information content (AvgIpc) is 3.22. The van der Waals surface area contributed by atoms with Gasteiger partial charge in [0.1, 0.15) is 17.2 Å². The number of benzene rings is 2. The van der Waals surface area contributed by atoms with Gasteiger partial charge in [0.15, 0.2) is 6.61 Å². The van der Waals surface area contributed by atoms with Gasteiger partial charge in [-0.1, -0.05) is 42.5 Å². The summed E-state index contributed by atoms with van der Waals surface area (Å²) in [5.41, 5.74) is 2.73. The normalized spacial score (nSPS) is 11.5. The van der Waals surface area contributed by atoms with Crippen molar-refractivity contribution in [1.82, 2.24) is 10.6 Å². The van der Waals surface area contributed by atoms with Crippen LogP contribution in [-0.2, 0) is 22.7 Å². The number of urea groups is 1. The Labute approximate surface area is 176 Å². The number of carbonyl (C=O) groups excluding carboxylic acids is 3. The molecule has 7 nitrogen and oxygen atoms in total. The van der Waals surface area contributed by atoms with Crippen molar-refractivity contribution >= 4 is 29.2 Å². The highest BCUT2D eigenvalue weighted by atomic mass is 32.1. The van der Waals surface area contributed by atoms with Gasteiger partial charge in [-0.15, -0.1) is 11.3 Å². The Bertz CT molecular complexity index is 1090. The largest absolute Gasteiger partial charge is 0.488 e. The number of amides is 3. The zero-order valence-electron chi connectivity index (χ0n) is 15.8. The number of esters is 1. The third-order valence-corrected chi connectivity index (χ3v) is 5.60. The molecular formula is C22H18N2O5S. The van der Waals surface area contributed by atoms with Crippen LogP contribution in [0.5, 0.6) is 5.75 Å². The van der Waals surface area contributed by atoms with E-state index in [0.29, 0.717) is 11.5 Å². The van der Waals surface area contributed by atoms with Crippen molar-refractivity contribution in [3.8, 4) is 16.2 Å². The Morgan fingerprint density at radius 3 is 2.63 bits per heavy atom. The number of fused-ring (bicyclic) bond motifs is 3. The molecule has 0 bridgehead atoms. The molecule has 0 spiro atoms.